The largest absolute Gasteiger partial charge is 0.330 e. The van der Waals surface area contributed by atoms with Crippen LogP contribution in [0.4, 0.5) is 11.6 Å². The summed E-state index contributed by atoms with van der Waals surface area (Å²) in [6.45, 7) is 6.34. The zero-order valence-electron chi connectivity index (χ0n) is 14.9. The van der Waals surface area contributed by atoms with Gasteiger partial charge in [0.25, 0.3) is 0 Å². The van der Waals surface area contributed by atoms with Crippen molar-refractivity contribution < 1.29 is 0 Å². The van der Waals surface area contributed by atoms with Crippen molar-refractivity contribution in [2.75, 3.05) is 5.32 Å². The topological polar surface area (TPSA) is 58.5 Å². The van der Waals surface area contributed by atoms with Crippen LogP contribution in [0.1, 0.15) is 16.7 Å². The number of hydrogen-bond acceptors (Lipinski definition) is 4. The first-order valence-corrected chi connectivity index (χ1v) is 8.82. The average molecular weight is 361 g/mol. The summed E-state index contributed by atoms with van der Waals surface area (Å²) in [5, 5.41) is 3.30. The molecule has 2 aromatic heterocycles. The molecular weight excluding hydrogens is 342 g/mol. The second-order valence-corrected chi connectivity index (χ2v) is 6.77. The summed E-state index contributed by atoms with van der Waals surface area (Å²) >= 11 is 5.48. The van der Waals surface area contributed by atoms with E-state index in [9.17, 15) is 0 Å². The number of imidazole rings is 1. The Bertz CT molecular complexity index is 1150. The monoisotopic (exact) mass is 361 g/mol. The number of para-hydroxylation sites is 2. The van der Waals surface area contributed by atoms with Crippen molar-refractivity contribution in [1.82, 2.24) is 19.5 Å². The van der Waals surface area contributed by atoms with Gasteiger partial charge in [-0.15, -0.1) is 0 Å². The molecule has 2 heterocycles. The van der Waals surface area contributed by atoms with E-state index < -0.39 is 0 Å². The Morgan fingerprint density at radius 2 is 1.77 bits per heavy atom. The normalized spacial score (nSPS) is 11.0. The van der Waals surface area contributed by atoms with Crippen molar-refractivity contribution in [3.8, 4) is 5.82 Å². The van der Waals surface area contributed by atoms with Crippen LogP contribution in [0.25, 0.3) is 16.9 Å². The van der Waals surface area contributed by atoms with Gasteiger partial charge < -0.3 is 10.3 Å². The standard InChI is InChI=1S/C20H19N5S/c1-12-10-15(11-13(2)14(12)3)22-19-21-9-8-18(24-19)25-17-7-5-4-6-16(17)23-20(25)26/h4-11H,1-3H3,(H,23,26)(H,21,22,24). The smallest absolute Gasteiger partial charge is 0.229 e. The van der Waals surface area contributed by atoms with Gasteiger partial charge in [-0.3, -0.25) is 4.57 Å². The summed E-state index contributed by atoms with van der Waals surface area (Å²) in [5.74, 6) is 1.27. The Morgan fingerprint density at radius 3 is 2.54 bits per heavy atom. The van der Waals surface area contributed by atoms with Gasteiger partial charge >= 0.3 is 0 Å². The van der Waals surface area contributed by atoms with Crippen LogP contribution >= 0.6 is 12.2 Å². The molecule has 0 saturated heterocycles. The lowest BCUT2D eigenvalue weighted by Gasteiger charge is -2.11. The minimum Gasteiger partial charge on any atom is -0.330 e. The highest BCUT2D eigenvalue weighted by Gasteiger charge is 2.09. The van der Waals surface area contributed by atoms with Gasteiger partial charge in [0.15, 0.2) is 4.77 Å². The number of H-pyrrole nitrogens is 1. The number of aromatic amines is 1. The van der Waals surface area contributed by atoms with Gasteiger partial charge in [-0.25, -0.2) is 4.98 Å². The van der Waals surface area contributed by atoms with Crippen LogP contribution in [0.2, 0.25) is 0 Å². The summed E-state index contributed by atoms with van der Waals surface area (Å²) in [4.78, 5) is 12.2. The molecule has 0 saturated carbocycles. The van der Waals surface area contributed by atoms with Crippen LogP contribution in [0.15, 0.2) is 48.7 Å². The molecule has 4 aromatic rings. The molecule has 2 aromatic carbocycles. The number of hydrogen-bond donors (Lipinski definition) is 2. The Kier molecular flexibility index (Phi) is 4.05. The number of aromatic nitrogens is 4. The molecular formula is C20H19N5S. The molecule has 0 aliphatic rings. The first kappa shape index (κ1) is 16.5. The fraction of sp³-hybridized carbons (Fsp3) is 0.150. The van der Waals surface area contributed by atoms with Gasteiger partial charge in [0.05, 0.1) is 11.0 Å². The Balaban J connectivity index is 1.76. The molecule has 0 aliphatic heterocycles. The summed E-state index contributed by atoms with van der Waals surface area (Å²) < 4.78 is 2.53. The van der Waals surface area contributed by atoms with Gasteiger partial charge in [0.1, 0.15) is 5.82 Å². The van der Waals surface area contributed by atoms with E-state index in [2.05, 4.69) is 53.2 Å². The second-order valence-electron chi connectivity index (χ2n) is 6.38. The van der Waals surface area contributed by atoms with E-state index >= 15 is 0 Å². The molecule has 0 spiro atoms. The summed E-state index contributed by atoms with van der Waals surface area (Å²) in [6, 6.07) is 14.0. The van der Waals surface area contributed by atoms with Crippen LogP contribution in [0, 0.1) is 25.5 Å². The van der Waals surface area contributed by atoms with Crippen molar-refractivity contribution in [3.63, 3.8) is 0 Å². The molecule has 0 bridgehead atoms. The van der Waals surface area contributed by atoms with Crippen molar-refractivity contribution in [2.24, 2.45) is 0 Å². The van der Waals surface area contributed by atoms with E-state index in [1.54, 1.807) is 6.20 Å². The highest BCUT2D eigenvalue weighted by molar-refractivity contribution is 7.71. The molecule has 0 amide bonds. The summed E-state index contributed by atoms with van der Waals surface area (Å²) in [5.41, 5.74) is 6.73. The number of aryl methyl sites for hydroxylation is 2. The van der Waals surface area contributed by atoms with E-state index in [4.69, 9.17) is 12.2 Å². The van der Waals surface area contributed by atoms with Crippen molar-refractivity contribution in [1.29, 1.82) is 0 Å². The minimum absolute atomic E-state index is 0.539. The maximum Gasteiger partial charge on any atom is 0.229 e. The van der Waals surface area contributed by atoms with Gasteiger partial charge in [0.2, 0.25) is 5.95 Å². The molecule has 0 fully saturated rings. The molecule has 4 rings (SSSR count). The highest BCUT2D eigenvalue weighted by atomic mass is 32.1. The van der Waals surface area contributed by atoms with Crippen LogP contribution in [-0.2, 0) is 0 Å². The molecule has 0 atom stereocenters. The predicted octanol–water partition coefficient (Wildman–Crippen LogP) is 5.15. The first-order valence-electron chi connectivity index (χ1n) is 8.41. The lowest BCUT2D eigenvalue weighted by atomic mass is 10.0. The number of anilines is 2. The average Bonchev–Trinajstić information content (AvgIpc) is 2.95. The molecule has 0 radical (unpaired) electrons. The van der Waals surface area contributed by atoms with Gasteiger partial charge in [0, 0.05) is 11.9 Å². The number of benzene rings is 2. The lowest BCUT2D eigenvalue weighted by Crippen LogP contribution is -2.03. The van der Waals surface area contributed by atoms with E-state index in [1.165, 1.54) is 16.7 Å². The van der Waals surface area contributed by atoms with Crippen molar-refractivity contribution >= 4 is 34.9 Å². The third-order valence-corrected chi connectivity index (χ3v) is 4.93. The quantitative estimate of drug-likeness (QED) is 0.496. The molecule has 0 unspecified atom stereocenters. The maximum absolute atomic E-state index is 5.48. The summed E-state index contributed by atoms with van der Waals surface area (Å²) in [6.07, 6.45) is 1.74. The second kappa shape index (κ2) is 6.38. The third kappa shape index (κ3) is 2.88. The molecule has 5 nitrogen and oxygen atoms in total. The predicted molar refractivity (Wildman–Crippen MR) is 108 cm³/mol. The first-order chi connectivity index (χ1) is 12.5. The van der Waals surface area contributed by atoms with Crippen LogP contribution < -0.4 is 5.32 Å². The molecule has 2 N–H and O–H groups in total. The van der Waals surface area contributed by atoms with Crippen LogP contribution in [-0.4, -0.2) is 19.5 Å². The van der Waals surface area contributed by atoms with E-state index in [0.29, 0.717) is 10.7 Å². The number of nitrogens with zero attached hydrogens (tertiary/aromatic N) is 3. The van der Waals surface area contributed by atoms with Crippen molar-refractivity contribution in [3.05, 3.63) is 70.1 Å². The third-order valence-electron chi connectivity index (χ3n) is 4.64. The van der Waals surface area contributed by atoms with E-state index in [0.717, 1.165) is 22.5 Å². The SMILES string of the molecule is Cc1cc(Nc2nccc(-n3c(=S)[nH]c4ccccc43)n2)cc(C)c1C. The van der Waals surface area contributed by atoms with Gasteiger partial charge in [-0.2, -0.15) is 4.98 Å². The Morgan fingerprint density at radius 1 is 1.04 bits per heavy atom. The van der Waals surface area contributed by atoms with E-state index in [1.807, 2.05) is 34.9 Å². The van der Waals surface area contributed by atoms with Gasteiger partial charge in [-0.1, -0.05) is 12.1 Å². The zero-order valence-corrected chi connectivity index (χ0v) is 15.7. The number of fused-ring (bicyclic) bond motifs is 1. The number of nitrogens with one attached hydrogen (secondary N) is 2. The molecule has 130 valence electrons. The zero-order chi connectivity index (χ0) is 18.3. The fourth-order valence-corrected chi connectivity index (χ4v) is 3.36. The van der Waals surface area contributed by atoms with Crippen LogP contribution in [0.5, 0.6) is 0 Å². The highest BCUT2D eigenvalue weighted by Crippen LogP contribution is 2.22. The molecule has 0 aliphatic carbocycles. The Labute approximate surface area is 156 Å². The maximum atomic E-state index is 5.48. The van der Waals surface area contributed by atoms with Crippen molar-refractivity contribution in [2.45, 2.75) is 20.8 Å². The minimum atomic E-state index is 0.539. The lowest BCUT2D eigenvalue weighted by molar-refractivity contribution is 0.983. The van der Waals surface area contributed by atoms with Gasteiger partial charge in [-0.05, 0) is 80.0 Å². The van der Waals surface area contributed by atoms with E-state index in [-0.39, 0.29) is 0 Å². The Hall–Kier alpha value is -2.99. The molecule has 26 heavy (non-hydrogen) atoms. The number of rotatable bonds is 3. The fourth-order valence-electron chi connectivity index (χ4n) is 3.05. The van der Waals surface area contributed by atoms with Crippen LogP contribution in [0.3, 0.4) is 0 Å². The summed E-state index contributed by atoms with van der Waals surface area (Å²) in [7, 11) is 0. The molecule has 6 heteroatoms.